The minimum atomic E-state index is -3.74. The molecule has 138 valence electrons. The van der Waals surface area contributed by atoms with Crippen molar-refractivity contribution in [1.29, 1.82) is 0 Å². The Hall–Kier alpha value is -3.06. The normalized spacial score (nSPS) is 13.4. The fraction of sp³-hybridized carbons (Fsp3) is 0.150. The number of rotatable bonds is 4. The maximum Gasteiger partial charge on any atom is 0.261 e. The predicted octanol–water partition coefficient (Wildman–Crippen LogP) is 3.66. The third kappa shape index (κ3) is 3.33. The second kappa shape index (κ2) is 6.59. The van der Waals surface area contributed by atoms with Gasteiger partial charge in [-0.25, -0.2) is 8.42 Å². The largest absolute Gasteiger partial charge is 0.464 e. The standard InChI is InChI=1S/C20H18N2O4S/c1-14(23)22-10-9-15-13-18(7-8-19(15)22)27(24,25)21-17-5-2-4-16(12-17)20-6-3-11-26-20/h2-8,11-13,21H,9-10H2,1H3. The molecule has 6 nitrogen and oxygen atoms in total. The number of nitrogens with zero attached hydrogens (tertiary/aromatic N) is 1. The molecule has 4 rings (SSSR count). The van der Waals surface area contributed by atoms with Gasteiger partial charge in [-0.15, -0.1) is 0 Å². The van der Waals surface area contributed by atoms with Crippen LogP contribution in [0.3, 0.4) is 0 Å². The first-order valence-electron chi connectivity index (χ1n) is 8.52. The Morgan fingerprint density at radius 1 is 1.11 bits per heavy atom. The van der Waals surface area contributed by atoms with E-state index in [2.05, 4.69) is 4.72 Å². The van der Waals surface area contributed by atoms with Gasteiger partial charge in [-0.2, -0.15) is 0 Å². The lowest BCUT2D eigenvalue weighted by molar-refractivity contribution is -0.116. The van der Waals surface area contributed by atoms with Gasteiger partial charge in [-0.1, -0.05) is 12.1 Å². The molecule has 1 aromatic heterocycles. The van der Waals surface area contributed by atoms with Crippen LogP contribution in [0.15, 0.2) is 70.2 Å². The summed E-state index contributed by atoms with van der Waals surface area (Å²) in [6, 6.07) is 15.5. The highest BCUT2D eigenvalue weighted by molar-refractivity contribution is 7.92. The van der Waals surface area contributed by atoms with Gasteiger partial charge in [0, 0.05) is 30.4 Å². The van der Waals surface area contributed by atoms with Crippen LogP contribution < -0.4 is 9.62 Å². The zero-order valence-corrected chi connectivity index (χ0v) is 15.5. The molecule has 0 fully saturated rings. The Kier molecular flexibility index (Phi) is 4.24. The molecule has 0 saturated carbocycles. The second-order valence-electron chi connectivity index (χ2n) is 6.37. The van der Waals surface area contributed by atoms with Crippen LogP contribution in [0.25, 0.3) is 11.3 Å². The topological polar surface area (TPSA) is 79.6 Å². The fourth-order valence-electron chi connectivity index (χ4n) is 3.27. The van der Waals surface area contributed by atoms with Gasteiger partial charge in [-0.3, -0.25) is 9.52 Å². The predicted molar refractivity (Wildman–Crippen MR) is 103 cm³/mol. The van der Waals surface area contributed by atoms with Crippen LogP contribution in [-0.2, 0) is 21.2 Å². The lowest BCUT2D eigenvalue weighted by atomic mass is 10.1. The number of hydrogen-bond acceptors (Lipinski definition) is 4. The van der Waals surface area contributed by atoms with Gasteiger partial charge in [-0.05, 0) is 54.4 Å². The smallest absolute Gasteiger partial charge is 0.261 e. The van der Waals surface area contributed by atoms with E-state index in [1.165, 1.54) is 13.0 Å². The zero-order valence-electron chi connectivity index (χ0n) is 14.7. The average Bonchev–Trinajstić information content (AvgIpc) is 3.31. The number of nitrogens with one attached hydrogen (secondary N) is 1. The van der Waals surface area contributed by atoms with E-state index in [-0.39, 0.29) is 10.8 Å². The molecule has 0 atom stereocenters. The summed E-state index contributed by atoms with van der Waals surface area (Å²) in [5.41, 5.74) is 2.87. The number of carbonyl (C=O) groups is 1. The van der Waals surface area contributed by atoms with Crippen molar-refractivity contribution in [2.45, 2.75) is 18.2 Å². The molecule has 27 heavy (non-hydrogen) atoms. The van der Waals surface area contributed by atoms with Gasteiger partial charge in [0.2, 0.25) is 5.91 Å². The van der Waals surface area contributed by atoms with E-state index < -0.39 is 10.0 Å². The summed E-state index contributed by atoms with van der Waals surface area (Å²) in [6.07, 6.45) is 2.22. The van der Waals surface area contributed by atoms with E-state index >= 15 is 0 Å². The van der Waals surface area contributed by atoms with Crippen LogP contribution in [0.5, 0.6) is 0 Å². The molecule has 2 aromatic carbocycles. The van der Waals surface area contributed by atoms with Crippen molar-refractivity contribution >= 4 is 27.3 Å². The highest BCUT2D eigenvalue weighted by Gasteiger charge is 2.24. The van der Waals surface area contributed by atoms with Gasteiger partial charge in [0.15, 0.2) is 0 Å². The van der Waals surface area contributed by atoms with E-state index in [1.54, 1.807) is 47.6 Å². The summed E-state index contributed by atoms with van der Waals surface area (Å²) in [6.45, 7) is 2.08. The van der Waals surface area contributed by atoms with Crippen LogP contribution in [0.1, 0.15) is 12.5 Å². The van der Waals surface area contributed by atoms with Crippen molar-refractivity contribution in [3.8, 4) is 11.3 Å². The molecule has 1 N–H and O–H groups in total. The van der Waals surface area contributed by atoms with E-state index in [9.17, 15) is 13.2 Å². The van der Waals surface area contributed by atoms with Gasteiger partial charge in [0.05, 0.1) is 11.2 Å². The van der Waals surface area contributed by atoms with Gasteiger partial charge >= 0.3 is 0 Å². The third-order valence-corrected chi connectivity index (χ3v) is 5.94. The van der Waals surface area contributed by atoms with Crippen LogP contribution in [0.4, 0.5) is 11.4 Å². The molecule has 0 saturated heterocycles. The number of fused-ring (bicyclic) bond motifs is 1. The van der Waals surface area contributed by atoms with Crippen molar-refractivity contribution in [3.63, 3.8) is 0 Å². The third-order valence-electron chi connectivity index (χ3n) is 4.56. The maximum absolute atomic E-state index is 12.8. The number of hydrogen-bond donors (Lipinski definition) is 1. The highest BCUT2D eigenvalue weighted by Crippen LogP contribution is 2.31. The maximum atomic E-state index is 12.8. The molecule has 0 spiro atoms. The molecule has 2 heterocycles. The van der Waals surface area contributed by atoms with E-state index in [4.69, 9.17) is 4.42 Å². The van der Waals surface area contributed by atoms with Crippen molar-refractivity contribution in [2.24, 2.45) is 0 Å². The Bertz CT molecular complexity index is 1100. The number of anilines is 2. The number of sulfonamides is 1. The lowest BCUT2D eigenvalue weighted by Crippen LogP contribution is -2.25. The van der Waals surface area contributed by atoms with Crippen molar-refractivity contribution < 1.29 is 17.6 Å². The first-order chi connectivity index (χ1) is 12.9. The van der Waals surface area contributed by atoms with E-state index in [0.29, 0.717) is 24.4 Å². The lowest BCUT2D eigenvalue weighted by Gasteiger charge is -2.15. The van der Waals surface area contributed by atoms with Crippen LogP contribution in [0, 0.1) is 0 Å². The molecule has 1 amide bonds. The number of amides is 1. The molecule has 0 bridgehead atoms. The molecule has 0 radical (unpaired) electrons. The van der Waals surface area contributed by atoms with Crippen molar-refractivity contribution in [1.82, 2.24) is 0 Å². The summed E-state index contributed by atoms with van der Waals surface area (Å²) in [4.78, 5) is 13.5. The summed E-state index contributed by atoms with van der Waals surface area (Å²) in [7, 11) is -3.74. The molecule has 0 unspecified atom stereocenters. The molecule has 1 aliphatic rings. The van der Waals surface area contributed by atoms with Crippen molar-refractivity contribution in [3.05, 3.63) is 66.4 Å². The Morgan fingerprint density at radius 3 is 2.70 bits per heavy atom. The van der Waals surface area contributed by atoms with Crippen LogP contribution in [0.2, 0.25) is 0 Å². The fourth-order valence-corrected chi connectivity index (χ4v) is 4.36. The van der Waals surface area contributed by atoms with E-state index in [1.807, 2.05) is 12.1 Å². The van der Waals surface area contributed by atoms with Gasteiger partial charge in [0.1, 0.15) is 5.76 Å². The summed E-state index contributed by atoms with van der Waals surface area (Å²) >= 11 is 0. The van der Waals surface area contributed by atoms with Crippen LogP contribution in [-0.4, -0.2) is 20.9 Å². The van der Waals surface area contributed by atoms with Gasteiger partial charge in [0.25, 0.3) is 10.0 Å². The second-order valence-corrected chi connectivity index (χ2v) is 8.06. The van der Waals surface area contributed by atoms with Crippen molar-refractivity contribution in [2.75, 3.05) is 16.2 Å². The molecule has 3 aromatic rings. The first-order valence-corrected chi connectivity index (χ1v) is 10.0. The minimum Gasteiger partial charge on any atom is -0.464 e. The zero-order chi connectivity index (χ0) is 19.0. The molecular formula is C20H18N2O4S. The summed E-state index contributed by atoms with van der Waals surface area (Å²) in [5, 5.41) is 0. The Balaban J connectivity index is 1.62. The number of benzene rings is 2. The quantitative estimate of drug-likeness (QED) is 0.747. The Labute approximate surface area is 157 Å². The molecule has 1 aliphatic heterocycles. The minimum absolute atomic E-state index is 0.0442. The number of carbonyl (C=O) groups excluding carboxylic acids is 1. The molecular weight excluding hydrogens is 364 g/mol. The summed E-state index contributed by atoms with van der Waals surface area (Å²) < 4.78 is 33.6. The number of furan rings is 1. The van der Waals surface area contributed by atoms with Crippen LogP contribution >= 0.6 is 0 Å². The molecule has 7 heteroatoms. The monoisotopic (exact) mass is 382 g/mol. The van der Waals surface area contributed by atoms with E-state index in [0.717, 1.165) is 16.8 Å². The molecule has 0 aliphatic carbocycles. The first kappa shape index (κ1) is 17.4. The highest BCUT2D eigenvalue weighted by atomic mass is 32.2. The SMILES string of the molecule is CC(=O)N1CCc2cc(S(=O)(=O)Nc3cccc(-c4ccco4)c3)ccc21. The average molecular weight is 382 g/mol. The summed E-state index contributed by atoms with van der Waals surface area (Å²) in [5.74, 6) is 0.620. The van der Waals surface area contributed by atoms with Gasteiger partial charge < -0.3 is 9.32 Å². The Morgan fingerprint density at radius 2 is 1.96 bits per heavy atom.